The number of rotatable bonds is 4. The van der Waals surface area contributed by atoms with Gasteiger partial charge in [-0.1, -0.05) is 13.8 Å². The summed E-state index contributed by atoms with van der Waals surface area (Å²) in [5, 5.41) is 0. The minimum absolute atomic E-state index is 0.0362. The van der Waals surface area contributed by atoms with Gasteiger partial charge in [0.15, 0.2) is 0 Å². The Bertz CT molecular complexity index is 294. The summed E-state index contributed by atoms with van der Waals surface area (Å²) in [6.07, 6.45) is 1.05. The molecule has 0 aliphatic heterocycles. The van der Waals surface area contributed by atoms with Crippen LogP contribution >= 0.6 is 0 Å². The average molecular weight is 228 g/mol. The number of hydrogen-bond acceptors (Lipinski definition) is 4. The van der Waals surface area contributed by atoms with Gasteiger partial charge < -0.3 is 5.73 Å². The largest absolute Gasteiger partial charge is 0.361 e. The van der Waals surface area contributed by atoms with E-state index in [9.17, 15) is 19.2 Å². The van der Waals surface area contributed by atoms with E-state index in [2.05, 4.69) is 0 Å². The van der Waals surface area contributed by atoms with Crippen LogP contribution < -0.4 is 5.73 Å². The Morgan fingerprint density at radius 3 is 1.56 bits per heavy atom. The van der Waals surface area contributed by atoms with Gasteiger partial charge in [0.1, 0.15) is 0 Å². The Morgan fingerprint density at radius 2 is 1.31 bits per heavy atom. The van der Waals surface area contributed by atoms with Crippen LogP contribution in [-0.4, -0.2) is 28.5 Å². The molecule has 6 heteroatoms. The lowest BCUT2D eigenvalue weighted by molar-refractivity contribution is -0.158. The van der Waals surface area contributed by atoms with Crippen molar-refractivity contribution in [2.75, 3.05) is 0 Å². The van der Waals surface area contributed by atoms with Crippen molar-refractivity contribution in [1.29, 1.82) is 0 Å². The van der Waals surface area contributed by atoms with Crippen LogP contribution in [0.5, 0.6) is 0 Å². The van der Waals surface area contributed by atoms with Crippen LogP contribution in [0.3, 0.4) is 0 Å². The lowest BCUT2D eigenvalue weighted by Crippen LogP contribution is -2.47. The molecule has 0 aromatic heterocycles. The minimum Gasteiger partial charge on any atom is -0.361 e. The zero-order valence-corrected chi connectivity index (χ0v) is 9.49. The van der Waals surface area contributed by atoms with Gasteiger partial charge in [0.2, 0.25) is 11.8 Å². The third kappa shape index (κ3) is 3.80. The third-order valence-corrected chi connectivity index (χ3v) is 1.84. The fourth-order valence-electron chi connectivity index (χ4n) is 1.13. The molecule has 6 nitrogen and oxygen atoms in total. The summed E-state index contributed by atoms with van der Waals surface area (Å²) in [5.41, 5.74) is 4.77. The number of carbonyl (C=O) groups is 4. The normalized spacial score (nSPS) is 9.62. The van der Waals surface area contributed by atoms with Gasteiger partial charge in [0, 0.05) is 12.8 Å². The lowest BCUT2D eigenvalue weighted by Gasteiger charge is -2.16. The third-order valence-electron chi connectivity index (χ3n) is 1.84. The highest BCUT2D eigenvalue weighted by Crippen LogP contribution is 2.03. The molecule has 0 bridgehead atoms. The van der Waals surface area contributed by atoms with Crippen molar-refractivity contribution in [3.05, 3.63) is 0 Å². The predicted octanol–water partition coefficient (Wildman–Crippen LogP) is -0.0463. The van der Waals surface area contributed by atoms with E-state index in [1.165, 1.54) is 0 Å². The molecule has 16 heavy (non-hydrogen) atoms. The van der Waals surface area contributed by atoms with Gasteiger partial charge in [0.25, 0.3) is 0 Å². The molecule has 0 aliphatic rings. The molecule has 0 aromatic carbocycles. The molecular formula is C10H16N2O4. The zero-order chi connectivity index (χ0) is 12.7. The maximum absolute atomic E-state index is 11.5. The van der Waals surface area contributed by atoms with Gasteiger partial charge in [-0.05, 0) is 12.8 Å². The standard InChI is InChI=1S/C10H16N2O4/c1-3-5-7(13)12(8(14)6-4-2)10(16)9(11)15/h3-6H2,1-2H3,(H2,11,15). The Hall–Kier alpha value is -1.72. The predicted molar refractivity (Wildman–Crippen MR) is 55.9 cm³/mol. The fraction of sp³-hybridized carbons (Fsp3) is 0.600. The van der Waals surface area contributed by atoms with Crippen molar-refractivity contribution in [1.82, 2.24) is 4.90 Å². The molecule has 0 rings (SSSR count). The number of carbonyl (C=O) groups excluding carboxylic acids is 4. The lowest BCUT2D eigenvalue weighted by atomic mass is 10.2. The van der Waals surface area contributed by atoms with Crippen molar-refractivity contribution in [3.8, 4) is 0 Å². The Kier molecular flexibility index (Phi) is 5.99. The monoisotopic (exact) mass is 228 g/mol. The van der Waals surface area contributed by atoms with Crippen LogP contribution in [0.15, 0.2) is 0 Å². The summed E-state index contributed by atoms with van der Waals surface area (Å²) in [7, 11) is 0. The maximum Gasteiger partial charge on any atom is 0.325 e. The number of amides is 4. The van der Waals surface area contributed by atoms with E-state index < -0.39 is 23.6 Å². The number of hydrogen-bond donors (Lipinski definition) is 1. The highest BCUT2D eigenvalue weighted by Gasteiger charge is 2.30. The van der Waals surface area contributed by atoms with Crippen LogP contribution in [0, 0.1) is 0 Å². The summed E-state index contributed by atoms with van der Waals surface area (Å²) in [6.45, 7) is 3.46. The first-order valence-corrected chi connectivity index (χ1v) is 5.15. The van der Waals surface area contributed by atoms with E-state index in [-0.39, 0.29) is 12.8 Å². The second kappa shape index (κ2) is 6.71. The van der Waals surface area contributed by atoms with Gasteiger partial charge in [-0.25, -0.2) is 4.90 Å². The van der Waals surface area contributed by atoms with E-state index in [1.54, 1.807) is 13.8 Å². The van der Waals surface area contributed by atoms with Crippen molar-refractivity contribution in [2.45, 2.75) is 39.5 Å². The highest BCUT2D eigenvalue weighted by atomic mass is 16.2. The first-order chi connectivity index (χ1) is 7.45. The van der Waals surface area contributed by atoms with Gasteiger partial charge in [-0.2, -0.15) is 0 Å². The van der Waals surface area contributed by atoms with Crippen LogP contribution in [0.25, 0.3) is 0 Å². The molecule has 90 valence electrons. The summed E-state index contributed by atoms with van der Waals surface area (Å²) >= 11 is 0. The number of nitrogens with two attached hydrogens (primary N) is 1. The number of imide groups is 3. The Morgan fingerprint density at radius 1 is 0.938 bits per heavy atom. The van der Waals surface area contributed by atoms with E-state index in [0.717, 1.165) is 0 Å². The molecular weight excluding hydrogens is 212 g/mol. The summed E-state index contributed by atoms with van der Waals surface area (Å²) in [4.78, 5) is 45.3. The molecule has 0 saturated carbocycles. The van der Waals surface area contributed by atoms with Gasteiger partial charge in [-0.15, -0.1) is 0 Å². The van der Waals surface area contributed by atoms with E-state index in [0.29, 0.717) is 17.7 Å². The van der Waals surface area contributed by atoms with E-state index in [4.69, 9.17) is 5.73 Å². The SMILES string of the molecule is CCCC(=O)N(C(=O)CCC)C(=O)C(N)=O. The van der Waals surface area contributed by atoms with Crippen molar-refractivity contribution in [3.63, 3.8) is 0 Å². The zero-order valence-electron chi connectivity index (χ0n) is 9.49. The highest BCUT2D eigenvalue weighted by molar-refractivity contribution is 6.40. The summed E-state index contributed by atoms with van der Waals surface area (Å²) in [5.74, 6) is -3.90. The van der Waals surface area contributed by atoms with Gasteiger partial charge in [-0.3, -0.25) is 19.2 Å². The Labute approximate surface area is 93.8 Å². The molecule has 2 N–H and O–H groups in total. The maximum atomic E-state index is 11.5. The van der Waals surface area contributed by atoms with Crippen molar-refractivity contribution in [2.24, 2.45) is 5.73 Å². The van der Waals surface area contributed by atoms with Crippen LogP contribution in [0.1, 0.15) is 39.5 Å². The van der Waals surface area contributed by atoms with Gasteiger partial charge in [0.05, 0.1) is 0 Å². The number of primary amides is 1. The van der Waals surface area contributed by atoms with E-state index in [1.807, 2.05) is 0 Å². The quantitative estimate of drug-likeness (QED) is 0.682. The summed E-state index contributed by atoms with van der Waals surface area (Å²) < 4.78 is 0. The molecule has 0 saturated heterocycles. The van der Waals surface area contributed by atoms with Crippen LogP contribution in [-0.2, 0) is 19.2 Å². The van der Waals surface area contributed by atoms with E-state index >= 15 is 0 Å². The number of nitrogens with zero attached hydrogens (tertiary/aromatic N) is 1. The van der Waals surface area contributed by atoms with Gasteiger partial charge >= 0.3 is 11.8 Å². The molecule has 4 amide bonds. The first-order valence-electron chi connectivity index (χ1n) is 5.15. The minimum atomic E-state index is -1.30. The smallest absolute Gasteiger partial charge is 0.325 e. The van der Waals surface area contributed by atoms with Crippen molar-refractivity contribution < 1.29 is 19.2 Å². The summed E-state index contributed by atoms with van der Waals surface area (Å²) in [6, 6.07) is 0. The second-order valence-corrected chi connectivity index (χ2v) is 3.29. The molecule has 0 radical (unpaired) electrons. The average Bonchev–Trinajstić information content (AvgIpc) is 2.18. The molecule has 0 aromatic rings. The molecule has 0 unspecified atom stereocenters. The Balaban J connectivity index is 4.89. The first kappa shape index (κ1) is 14.3. The molecule has 0 heterocycles. The van der Waals surface area contributed by atoms with Crippen LogP contribution in [0.2, 0.25) is 0 Å². The second-order valence-electron chi connectivity index (χ2n) is 3.29. The van der Waals surface area contributed by atoms with Crippen LogP contribution in [0.4, 0.5) is 0 Å². The molecule has 0 atom stereocenters. The fourth-order valence-corrected chi connectivity index (χ4v) is 1.13. The molecule has 0 aliphatic carbocycles. The topological polar surface area (TPSA) is 97.5 Å². The molecule has 0 spiro atoms. The molecule has 0 fully saturated rings. The van der Waals surface area contributed by atoms with Crippen molar-refractivity contribution >= 4 is 23.6 Å².